The van der Waals surface area contributed by atoms with Gasteiger partial charge in [-0.1, -0.05) is 12.1 Å². The molecule has 2 N–H and O–H groups in total. The first kappa shape index (κ1) is 15.4. The molecule has 0 aliphatic carbocycles. The first-order valence-electron chi connectivity index (χ1n) is 6.01. The van der Waals surface area contributed by atoms with Gasteiger partial charge in [-0.25, -0.2) is 0 Å². The number of methoxy groups -OCH3 is 1. The Bertz CT molecular complexity index is 447. The van der Waals surface area contributed by atoms with Gasteiger partial charge in [0.1, 0.15) is 5.75 Å². The summed E-state index contributed by atoms with van der Waals surface area (Å²) in [6.07, 6.45) is 0.368. The number of hydrogen-bond acceptors (Lipinski definition) is 4. The number of nitrogens with one attached hydrogen (secondary N) is 2. The van der Waals surface area contributed by atoms with Gasteiger partial charge in [-0.15, -0.1) is 11.8 Å². The molecule has 104 valence electrons. The molecule has 0 fully saturated rings. The Morgan fingerprint density at radius 2 is 2.26 bits per heavy atom. The topological polar surface area (TPSA) is 50.4 Å². The third kappa shape index (κ3) is 6.20. The molecule has 0 aromatic heterocycles. The molecule has 0 atom stereocenters. The maximum Gasteiger partial charge on any atom is 0.225 e. The maximum absolute atomic E-state index is 11.7. The van der Waals surface area contributed by atoms with Crippen LogP contribution in [-0.2, 0) is 11.2 Å². The molecule has 0 saturated carbocycles. The number of carbonyl (C=O) groups excluding carboxylic acids is 1. The van der Waals surface area contributed by atoms with Crippen molar-refractivity contribution in [2.45, 2.75) is 13.3 Å². The van der Waals surface area contributed by atoms with E-state index >= 15 is 0 Å². The van der Waals surface area contributed by atoms with Crippen LogP contribution in [0, 0.1) is 0 Å². The predicted octanol–water partition coefficient (Wildman–Crippen LogP) is 2.13. The monoisotopic (exact) mass is 280 g/mol. The quantitative estimate of drug-likeness (QED) is 0.593. The summed E-state index contributed by atoms with van der Waals surface area (Å²) in [5.41, 5.74) is 2.02. The van der Waals surface area contributed by atoms with Gasteiger partial charge in [-0.2, -0.15) is 0 Å². The molecule has 0 spiro atoms. The van der Waals surface area contributed by atoms with Crippen molar-refractivity contribution in [3.05, 3.63) is 40.9 Å². The van der Waals surface area contributed by atoms with E-state index in [1.807, 2.05) is 43.6 Å². The Morgan fingerprint density at radius 1 is 1.47 bits per heavy atom. The zero-order valence-electron chi connectivity index (χ0n) is 11.5. The van der Waals surface area contributed by atoms with E-state index in [0.29, 0.717) is 12.3 Å². The van der Waals surface area contributed by atoms with Crippen LogP contribution < -0.4 is 15.4 Å². The Kier molecular flexibility index (Phi) is 6.89. The van der Waals surface area contributed by atoms with E-state index in [2.05, 4.69) is 10.6 Å². The average molecular weight is 280 g/mol. The lowest BCUT2D eigenvalue weighted by atomic mass is 10.1. The van der Waals surface area contributed by atoms with Crippen molar-refractivity contribution in [3.63, 3.8) is 0 Å². The molecule has 1 amide bonds. The number of rotatable bonds is 7. The normalized spacial score (nSPS) is 11.0. The highest BCUT2D eigenvalue weighted by molar-refractivity contribution is 8.02. The molecule has 1 aromatic carbocycles. The molecule has 0 aliphatic rings. The summed E-state index contributed by atoms with van der Waals surface area (Å²) in [6.45, 7) is 1.98. The van der Waals surface area contributed by atoms with E-state index in [-0.39, 0.29) is 5.91 Å². The van der Waals surface area contributed by atoms with Gasteiger partial charge < -0.3 is 15.4 Å². The molecule has 1 rings (SSSR count). The van der Waals surface area contributed by atoms with Crippen LogP contribution in [0.15, 0.2) is 35.4 Å². The molecule has 0 aliphatic heterocycles. The van der Waals surface area contributed by atoms with Crippen LogP contribution >= 0.6 is 11.8 Å². The van der Waals surface area contributed by atoms with E-state index in [1.54, 1.807) is 18.9 Å². The van der Waals surface area contributed by atoms with Crippen LogP contribution in [0.5, 0.6) is 5.75 Å². The summed E-state index contributed by atoms with van der Waals surface area (Å²) >= 11 is 1.55. The van der Waals surface area contributed by atoms with E-state index < -0.39 is 0 Å². The van der Waals surface area contributed by atoms with Gasteiger partial charge in [-0.05, 0) is 30.0 Å². The second kappa shape index (κ2) is 8.48. The fourth-order valence-electron chi connectivity index (χ4n) is 1.38. The Labute approximate surface area is 118 Å². The summed E-state index contributed by atoms with van der Waals surface area (Å²) < 4.78 is 5.12. The first-order chi connectivity index (χ1) is 9.15. The van der Waals surface area contributed by atoms with Gasteiger partial charge >= 0.3 is 0 Å². The van der Waals surface area contributed by atoms with Gasteiger partial charge in [0.05, 0.1) is 19.4 Å². The fourth-order valence-corrected chi connectivity index (χ4v) is 2.07. The van der Waals surface area contributed by atoms with Crippen molar-refractivity contribution < 1.29 is 9.53 Å². The third-order valence-corrected chi connectivity index (χ3v) is 3.34. The second-order valence-corrected chi connectivity index (χ2v) is 4.85. The zero-order valence-corrected chi connectivity index (χ0v) is 12.3. The van der Waals surface area contributed by atoms with Crippen LogP contribution in [0.25, 0.3) is 0 Å². The van der Waals surface area contributed by atoms with Crippen molar-refractivity contribution in [2.24, 2.45) is 0 Å². The number of benzene rings is 1. The van der Waals surface area contributed by atoms with Crippen LogP contribution in [0.1, 0.15) is 12.5 Å². The SMILES string of the molecule is CN/C(C)=C\SCNC(=O)Cc1cccc(OC)c1. The summed E-state index contributed by atoms with van der Waals surface area (Å²) in [5, 5.41) is 7.86. The van der Waals surface area contributed by atoms with E-state index in [4.69, 9.17) is 4.74 Å². The van der Waals surface area contributed by atoms with Crippen molar-refractivity contribution in [1.29, 1.82) is 0 Å². The van der Waals surface area contributed by atoms with Crippen LogP contribution in [0.3, 0.4) is 0 Å². The van der Waals surface area contributed by atoms with Gasteiger partial charge in [-0.3, -0.25) is 4.79 Å². The highest BCUT2D eigenvalue weighted by Crippen LogP contribution is 2.13. The molecular formula is C14H20N2O2S. The van der Waals surface area contributed by atoms with Crippen molar-refractivity contribution >= 4 is 17.7 Å². The van der Waals surface area contributed by atoms with Crippen molar-refractivity contribution in [1.82, 2.24) is 10.6 Å². The standard InChI is InChI=1S/C14H20N2O2S/c1-11(15-2)9-19-10-16-14(17)8-12-5-4-6-13(7-12)18-3/h4-7,9,15H,8,10H2,1-3H3,(H,16,17)/b11-9-. The molecule has 0 radical (unpaired) electrons. The van der Waals surface area contributed by atoms with E-state index in [0.717, 1.165) is 17.0 Å². The summed E-state index contributed by atoms with van der Waals surface area (Å²) in [6, 6.07) is 7.54. The fraction of sp³-hybridized carbons (Fsp3) is 0.357. The molecule has 5 heteroatoms. The molecule has 0 saturated heterocycles. The number of amides is 1. The average Bonchev–Trinajstić information content (AvgIpc) is 2.43. The van der Waals surface area contributed by atoms with Crippen LogP contribution in [0.4, 0.5) is 0 Å². The highest BCUT2D eigenvalue weighted by Gasteiger charge is 2.03. The minimum Gasteiger partial charge on any atom is -0.497 e. The molecule has 4 nitrogen and oxygen atoms in total. The first-order valence-corrected chi connectivity index (χ1v) is 7.06. The van der Waals surface area contributed by atoms with Crippen LogP contribution in [0.2, 0.25) is 0 Å². The molecule has 19 heavy (non-hydrogen) atoms. The minimum absolute atomic E-state index is 0.0104. The van der Waals surface area contributed by atoms with Crippen LogP contribution in [-0.4, -0.2) is 25.9 Å². The molecule has 0 bridgehead atoms. The number of ether oxygens (including phenoxy) is 1. The zero-order chi connectivity index (χ0) is 14.1. The van der Waals surface area contributed by atoms with Crippen molar-refractivity contribution in [2.75, 3.05) is 20.0 Å². The van der Waals surface area contributed by atoms with E-state index in [9.17, 15) is 4.79 Å². The number of hydrogen-bond donors (Lipinski definition) is 2. The molecule has 0 heterocycles. The Morgan fingerprint density at radius 3 is 2.95 bits per heavy atom. The Hall–Kier alpha value is -1.62. The van der Waals surface area contributed by atoms with Gasteiger partial charge in [0, 0.05) is 12.7 Å². The maximum atomic E-state index is 11.7. The second-order valence-electron chi connectivity index (χ2n) is 3.99. The third-order valence-electron chi connectivity index (χ3n) is 2.51. The highest BCUT2D eigenvalue weighted by atomic mass is 32.2. The molecule has 0 unspecified atom stereocenters. The summed E-state index contributed by atoms with van der Waals surface area (Å²) in [7, 11) is 3.49. The smallest absolute Gasteiger partial charge is 0.225 e. The molecule has 1 aromatic rings. The summed E-state index contributed by atoms with van der Waals surface area (Å²) in [4.78, 5) is 11.7. The number of carbonyl (C=O) groups is 1. The lowest BCUT2D eigenvalue weighted by Crippen LogP contribution is -2.24. The van der Waals surface area contributed by atoms with Crippen molar-refractivity contribution in [3.8, 4) is 5.75 Å². The number of thioether (sulfide) groups is 1. The van der Waals surface area contributed by atoms with Gasteiger partial charge in [0.25, 0.3) is 0 Å². The molecular weight excluding hydrogens is 260 g/mol. The van der Waals surface area contributed by atoms with E-state index in [1.165, 1.54) is 0 Å². The lowest BCUT2D eigenvalue weighted by molar-refractivity contribution is -0.120. The van der Waals surface area contributed by atoms with Gasteiger partial charge in [0.2, 0.25) is 5.91 Å². The number of allylic oxidation sites excluding steroid dienone is 1. The predicted molar refractivity (Wildman–Crippen MR) is 80.1 cm³/mol. The Balaban J connectivity index is 2.34. The largest absolute Gasteiger partial charge is 0.497 e. The minimum atomic E-state index is 0.0104. The lowest BCUT2D eigenvalue weighted by Gasteiger charge is -2.06. The van der Waals surface area contributed by atoms with Gasteiger partial charge in [0.15, 0.2) is 0 Å². The summed E-state index contributed by atoms with van der Waals surface area (Å²) in [5.74, 6) is 1.35.